The van der Waals surface area contributed by atoms with E-state index in [1.165, 1.54) is 12.1 Å². The van der Waals surface area contributed by atoms with Gasteiger partial charge in [0.25, 0.3) is 0 Å². The van der Waals surface area contributed by atoms with Crippen LogP contribution < -0.4 is 4.72 Å². The molecule has 2 aromatic carbocycles. The molecule has 0 spiro atoms. The highest BCUT2D eigenvalue weighted by Gasteiger charge is 2.36. The van der Waals surface area contributed by atoms with Gasteiger partial charge >= 0.3 is 12.1 Å². The lowest BCUT2D eigenvalue weighted by Gasteiger charge is -2.24. The summed E-state index contributed by atoms with van der Waals surface area (Å²) in [5, 5.41) is 0.690. The molecule has 0 radical (unpaired) electrons. The molecule has 8 nitrogen and oxygen atoms in total. The first-order chi connectivity index (χ1) is 17.4. The van der Waals surface area contributed by atoms with Gasteiger partial charge in [-0.15, -0.1) is 0 Å². The van der Waals surface area contributed by atoms with Crippen molar-refractivity contribution in [1.82, 2.24) is 4.98 Å². The molecule has 1 aromatic heterocycles. The zero-order valence-electron chi connectivity index (χ0n) is 20.3. The molecule has 0 aliphatic carbocycles. The summed E-state index contributed by atoms with van der Waals surface area (Å²) in [4.78, 5) is 15.4. The quantitative estimate of drug-likeness (QED) is 0.386. The first-order valence-corrected chi connectivity index (χ1v) is 13.3. The molecule has 1 aliphatic heterocycles. The van der Waals surface area contributed by atoms with Gasteiger partial charge in [0.15, 0.2) is 11.5 Å². The van der Waals surface area contributed by atoms with Gasteiger partial charge in [0.2, 0.25) is 10.0 Å². The normalized spacial score (nSPS) is 15.7. The molecule has 12 heteroatoms. The predicted molar refractivity (Wildman–Crippen MR) is 131 cm³/mol. The number of benzene rings is 2. The number of hydrogen-bond donors (Lipinski definition) is 2. The summed E-state index contributed by atoms with van der Waals surface area (Å²) in [7, 11) is -4.68. The minimum absolute atomic E-state index is 0.0374. The second kappa shape index (κ2) is 10.3. The van der Waals surface area contributed by atoms with Crippen molar-refractivity contribution in [2.75, 3.05) is 30.3 Å². The molecule has 37 heavy (non-hydrogen) atoms. The molecule has 2 heterocycles. The molecule has 0 saturated carbocycles. The van der Waals surface area contributed by atoms with E-state index in [-0.39, 0.29) is 24.4 Å². The smallest absolute Gasteiger partial charge is 0.404 e. The number of halogens is 3. The monoisotopic (exact) mass is 540 g/mol. The van der Waals surface area contributed by atoms with Crippen LogP contribution in [0.25, 0.3) is 10.9 Å². The third-order valence-corrected chi connectivity index (χ3v) is 7.16. The van der Waals surface area contributed by atoms with Crippen LogP contribution in [0.15, 0.2) is 42.5 Å². The van der Waals surface area contributed by atoms with E-state index in [4.69, 9.17) is 14.2 Å². The third kappa shape index (κ3) is 6.62. The second-order valence-corrected chi connectivity index (χ2v) is 10.6. The summed E-state index contributed by atoms with van der Waals surface area (Å²) >= 11 is 0. The van der Waals surface area contributed by atoms with E-state index >= 15 is 0 Å². The molecule has 2 N–H and O–H groups in total. The van der Waals surface area contributed by atoms with Crippen LogP contribution in [0.5, 0.6) is 0 Å². The number of para-hydroxylation sites is 1. The number of carbonyl (C=O) groups is 1. The van der Waals surface area contributed by atoms with Crippen LogP contribution in [0.4, 0.5) is 18.9 Å². The maximum Gasteiger partial charge on any atom is 0.404 e. The van der Waals surface area contributed by atoms with E-state index in [2.05, 4.69) is 9.71 Å². The molecule has 200 valence electrons. The Balaban J connectivity index is 1.77. The highest BCUT2D eigenvalue weighted by molar-refractivity contribution is 7.92. The summed E-state index contributed by atoms with van der Waals surface area (Å²) in [6.07, 6.45) is -4.36. The Morgan fingerprint density at radius 2 is 1.84 bits per heavy atom. The van der Waals surface area contributed by atoms with Gasteiger partial charge < -0.3 is 19.2 Å². The number of alkyl halides is 3. The Morgan fingerprint density at radius 1 is 1.14 bits per heavy atom. The summed E-state index contributed by atoms with van der Waals surface area (Å²) in [5.74, 6) is -3.40. The number of carbonyl (C=O) groups excluding carboxylic acids is 1. The van der Waals surface area contributed by atoms with E-state index in [1.54, 1.807) is 25.1 Å². The molecule has 1 aliphatic rings. The number of anilines is 1. The Hall–Kier alpha value is -3.09. The van der Waals surface area contributed by atoms with E-state index in [0.717, 1.165) is 11.1 Å². The maximum atomic E-state index is 12.8. The zero-order valence-corrected chi connectivity index (χ0v) is 21.1. The van der Waals surface area contributed by atoms with Gasteiger partial charge in [-0.2, -0.15) is 13.2 Å². The minimum atomic E-state index is -4.88. The van der Waals surface area contributed by atoms with Crippen molar-refractivity contribution in [3.63, 3.8) is 0 Å². The van der Waals surface area contributed by atoms with Crippen molar-refractivity contribution >= 4 is 32.6 Å². The number of aromatic amines is 1. The van der Waals surface area contributed by atoms with Gasteiger partial charge in [0.1, 0.15) is 5.69 Å². The maximum absolute atomic E-state index is 12.8. The number of hydrogen-bond acceptors (Lipinski definition) is 6. The molecule has 0 atom stereocenters. The zero-order chi connectivity index (χ0) is 26.8. The van der Waals surface area contributed by atoms with Gasteiger partial charge in [-0.3, -0.25) is 4.72 Å². The molecule has 0 amide bonds. The van der Waals surface area contributed by atoms with Crippen molar-refractivity contribution in [3.05, 3.63) is 64.8 Å². The molecule has 4 rings (SSSR count). The number of rotatable bonds is 9. The summed E-state index contributed by atoms with van der Waals surface area (Å²) in [6.45, 7) is 4.59. The summed E-state index contributed by atoms with van der Waals surface area (Å²) in [6, 6.07) is 11.6. The first kappa shape index (κ1) is 27.0. The Kier molecular flexibility index (Phi) is 7.54. The molecular weight excluding hydrogens is 513 g/mol. The predicted octanol–water partition coefficient (Wildman–Crippen LogP) is 4.54. The van der Waals surface area contributed by atoms with Gasteiger partial charge in [0, 0.05) is 23.7 Å². The number of aromatic nitrogens is 1. The molecule has 1 fully saturated rings. The number of ether oxygens (including phenoxy) is 3. The third-order valence-electron chi connectivity index (χ3n) is 5.92. The Labute approximate surface area is 212 Å². The van der Waals surface area contributed by atoms with Crippen molar-refractivity contribution in [3.8, 4) is 0 Å². The highest BCUT2D eigenvalue weighted by Crippen LogP contribution is 2.33. The number of nitrogens with one attached hydrogen (secondary N) is 2. The fraction of sp³-hybridized carbons (Fsp3) is 0.400. The molecule has 1 saturated heterocycles. The fourth-order valence-electron chi connectivity index (χ4n) is 4.39. The molecular formula is C25H27F3N2O6S. The van der Waals surface area contributed by atoms with Crippen LogP contribution in [0.1, 0.15) is 41.0 Å². The van der Waals surface area contributed by atoms with E-state index in [0.29, 0.717) is 36.1 Å². The molecule has 0 bridgehead atoms. The van der Waals surface area contributed by atoms with Crippen LogP contribution >= 0.6 is 0 Å². The van der Waals surface area contributed by atoms with Crippen molar-refractivity contribution in [2.24, 2.45) is 0 Å². The van der Waals surface area contributed by atoms with Crippen LogP contribution in [0, 0.1) is 0 Å². The van der Waals surface area contributed by atoms with Crippen molar-refractivity contribution < 1.29 is 40.6 Å². The van der Waals surface area contributed by atoms with Gasteiger partial charge in [-0.05, 0) is 48.7 Å². The summed E-state index contributed by atoms with van der Waals surface area (Å²) < 4.78 is 81.5. The van der Waals surface area contributed by atoms with Crippen LogP contribution in [-0.4, -0.2) is 56.9 Å². The lowest BCUT2D eigenvalue weighted by Crippen LogP contribution is -2.29. The van der Waals surface area contributed by atoms with E-state index < -0.39 is 33.7 Å². The van der Waals surface area contributed by atoms with Crippen molar-refractivity contribution in [2.45, 2.75) is 38.7 Å². The average Bonchev–Trinajstić information content (AvgIpc) is 3.41. The van der Waals surface area contributed by atoms with Gasteiger partial charge in [-0.25, -0.2) is 13.2 Å². The van der Waals surface area contributed by atoms with Crippen LogP contribution in [-0.2, 0) is 37.1 Å². The lowest BCUT2D eigenvalue weighted by atomic mass is 9.92. The first-order valence-electron chi connectivity index (χ1n) is 11.6. The Bertz CT molecular complexity index is 1400. The average molecular weight is 541 g/mol. The molecule has 3 aromatic rings. The molecule has 0 unspecified atom stereocenters. The van der Waals surface area contributed by atoms with Gasteiger partial charge in [-0.1, -0.05) is 24.3 Å². The van der Waals surface area contributed by atoms with Gasteiger partial charge in [0.05, 0.1) is 25.5 Å². The summed E-state index contributed by atoms with van der Waals surface area (Å²) in [5.41, 5.74) is 2.95. The number of fused-ring (bicyclic) bond motifs is 1. The standard InChI is InChI=1S/C25H27F3N2O6S/c1-3-34-23(31)22-13-19-18(17(8-9-21(19)29-22)14-24(2)35-10-11-36-24)12-16-6-4-5-7-20(16)30-37(32,33)15-25(26,27)28/h4-9,13,29-30H,3,10-12,14-15H2,1-2H3. The number of sulfonamides is 1. The lowest BCUT2D eigenvalue weighted by molar-refractivity contribution is -0.140. The number of esters is 1. The SMILES string of the molecule is CCOC(=O)c1cc2c(Cc3ccccc3NS(=O)(=O)CC(F)(F)F)c(CC3(C)OCCO3)ccc2[nH]1. The highest BCUT2D eigenvalue weighted by atomic mass is 32.2. The topological polar surface area (TPSA) is 107 Å². The Morgan fingerprint density at radius 3 is 2.51 bits per heavy atom. The number of H-pyrrole nitrogens is 1. The van der Waals surface area contributed by atoms with Crippen molar-refractivity contribution in [1.29, 1.82) is 0 Å². The van der Waals surface area contributed by atoms with E-state index in [1.807, 2.05) is 19.1 Å². The van der Waals surface area contributed by atoms with Crippen LogP contribution in [0.3, 0.4) is 0 Å². The minimum Gasteiger partial charge on any atom is -0.461 e. The fourth-order valence-corrected chi connectivity index (χ4v) is 5.43. The van der Waals surface area contributed by atoms with Crippen LogP contribution in [0.2, 0.25) is 0 Å². The largest absolute Gasteiger partial charge is 0.461 e. The second-order valence-electron chi connectivity index (χ2n) is 8.89. The van der Waals surface area contributed by atoms with E-state index in [9.17, 15) is 26.4 Å².